The minimum atomic E-state index is -3.13. The lowest BCUT2D eigenvalue weighted by atomic mass is 9.94. The molecule has 0 aliphatic carbocycles. The summed E-state index contributed by atoms with van der Waals surface area (Å²) < 4.78 is 37.0. The van der Waals surface area contributed by atoms with Crippen molar-refractivity contribution in [3.05, 3.63) is 34.6 Å². The zero-order chi connectivity index (χ0) is 16.5. The quantitative estimate of drug-likeness (QED) is 0.910. The lowest BCUT2D eigenvalue weighted by molar-refractivity contribution is -0.125. The van der Waals surface area contributed by atoms with E-state index in [0.29, 0.717) is 12.0 Å². The molecular formula is C15H19ClFNO3S. The predicted octanol–water partition coefficient (Wildman–Crippen LogP) is 2.73. The Bertz CT molecular complexity index is 675. The van der Waals surface area contributed by atoms with Crippen molar-refractivity contribution in [3.63, 3.8) is 0 Å². The van der Waals surface area contributed by atoms with Gasteiger partial charge < -0.3 is 5.32 Å². The molecule has 0 bridgehead atoms. The van der Waals surface area contributed by atoms with E-state index in [-0.39, 0.29) is 28.4 Å². The zero-order valence-electron chi connectivity index (χ0n) is 12.5. The van der Waals surface area contributed by atoms with Crippen molar-refractivity contribution in [2.24, 2.45) is 11.8 Å². The summed E-state index contributed by atoms with van der Waals surface area (Å²) in [6.07, 6.45) is 0.322. The normalized spacial score (nSPS) is 21.8. The fourth-order valence-corrected chi connectivity index (χ4v) is 4.53. The molecule has 1 aliphatic heterocycles. The Morgan fingerprint density at radius 3 is 2.59 bits per heavy atom. The molecule has 2 rings (SSSR count). The van der Waals surface area contributed by atoms with Crippen LogP contribution in [0.25, 0.3) is 0 Å². The fourth-order valence-electron chi connectivity index (χ4n) is 2.63. The van der Waals surface area contributed by atoms with Crippen molar-refractivity contribution < 1.29 is 17.6 Å². The zero-order valence-corrected chi connectivity index (χ0v) is 14.0. The van der Waals surface area contributed by atoms with Crippen molar-refractivity contribution in [2.45, 2.75) is 26.3 Å². The van der Waals surface area contributed by atoms with Gasteiger partial charge >= 0.3 is 0 Å². The first-order chi connectivity index (χ1) is 10.2. The van der Waals surface area contributed by atoms with Gasteiger partial charge in [0, 0.05) is 10.6 Å². The summed E-state index contributed by atoms with van der Waals surface area (Å²) in [4.78, 5) is 12.3. The van der Waals surface area contributed by atoms with E-state index in [9.17, 15) is 17.6 Å². The molecule has 1 aliphatic rings. The topological polar surface area (TPSA) is 63.2 Å². The van der Waals surface area contributed by atoms with E-state index in [1.807, 2.05) is 13.8 Å². The third-order valence-corrected chi connectivity index (χ3v) is 5.87. The molecule has 1 saturated heterocycles. The van der Waals surface area contributed by atoms with Crippen LogP contribution in [0.1, 0.15) is 31.9 Å². The molecule has 7 heteroatoms. The third-order valence-electron chi connectivity index (χ3n) is 3.87. The maximum Gasteiger partial charge on any atom is 0.224 e. The molecule has 4 nitrogen and oxygen atoms in total. The van der Waals surface area contributed by atoms with Crippen LogP contribution in [0, 0.1) is 17.7 Å². The molecule has 122 valence electrons. The Labute approximate surface area is 135 Å². The highest BCUT2D eigenvalue weighted by Gasteiger charge is 2.34. The van der Waals surface area contributed by atoms with Gasteiger partial charge in [-0.1, -0.05) is 31.5 Å². The average Bonchev–Trinajstić information content (AvgIpc) is 2.77. The SMILES string of the molecule is CC(C)[C@@H](NC(=O)[C@@H]1CCS(=O)(=O)C1)c1ccc(Cl)cc1F. The van der Waals surface area contributed by atoms with Gasteiger partial charge in [-0.15, -0.1) is 0 Å². The molecule has 2 atom stereocenters. The van der Waals surface area contributed by atoms with Gasteiger partial charge in [0.2, 0.25) is 5.91 Å². The van der Waals surface area contributed by atoms with Crippen molar-refractivity contribution >= 4 is 27.3 Å². The lowest BCUT2D eigenvalue weighted by Gasteiger charge is -2.25. The summed E-state index contributed by atoms with van der Waals surface area (Å²) in [5, 5.41) is 3.08. The smallest absolute Gasteiger partial charge is 0.224 e. The first kappa shape index (κ1) is 17.2. The van der Waals surface area contributed by atoms with Gasteiger partial charge in [0.1, 0.15) is 5.82 Å². The second kappa shape index (κ2) is 6.54. The van der Waals surface area contributed by atoms with E-state index in [1.165, 1.54) is 6.07 Å². The molecule has 1 fully saturated rings. The van der Waals surface area contributed by atoms with Gasteiger partial charge in [-0.2, -0.15) is 0 Å². The van der Waals surface area contributed by atoms with Crippen LogP contribution >= 0.6 is 11.6 Å². The first-order valence-corrected chi connectivity index (χ1v) is 9.35. The number of nitrogens with one attached hydrogen (secondary N) is 1. The number of carbonyl (C=O) groups is 1. The molecule has 0 spiro atoms. The number of hydrogen-bond donors (Lipinski definition) is 1. The molecule has 0 aromatic heterocycles. The summed E-state index contributed by atoms with van der Waals surface area (Å²) in [7, 11) is -3.13. The molecule has 0 unspecified atom stereocenters. The number of amides is 1. The Hall–Kier alpha value is -1.14. The second-order valence-electron chi connectivity index (χ2n) is 6.00. The van der Waals surface area contributed by atoms with Gasteiger partial charge in [0.25, 0.3) is 0 Å². The van der Waals surface area contributed by atoms with Crippen molar-refractivity contribution in [1.82, 2.24) is 5.32 Å². The molecule has 1 aromatic carbocycles. The number of carbonyl (C=O) groups excluding carboxylic acids is 1. The molecule has 1 aromatic rings. The number of benzene rings is 1. The van der Waals surface area contributed by atoms with E-state index in [2.05, 4.69) is 5.32 Å². The summed E-state index contributed by atoms with van der Waals surface area (Å²) >= 11 is 5.75. The fraction of sp³-hybridized carbons (Fsp3) is 0.533. The van der Waals surface area contributed by atoms with Crippen LogP contribution in [0.5, 0.6) is 0 Å². The number of rotatable bonds is 4. The standard InChI is InChI=1S/C15H19ClFNO3S/c1-9(2)14(12-4-3-11(16)7-13(12)17)18-15(19)10-5-6-22(20,21)8-10/h3-4,7,9-10,14H,5-6,8H2,1-2H3,(H,18,19)/t10-,14-/m1/s1. The summed E-state index contributed by atoms with van der Waals surface area (Å²) in [5.41, 5.74) is 0.355. The maximum atomic E-state index is 14.1. The van der Waals surface area contributed by atoms with Gasteiger partial charge in [0.15, 0.2) is 9.84 Å². The number of sulfone groups is 1. The minimum Gasteiger partial charge on any atom is -0.349 e. The average molecular weight is 348 g/mol. The van der Waals surface area contributed by atoms with Crippen molar-refractivity contribution in [2.75, 3.05) is 11.5 Å². The first-order valence-electron chi connectivity index (χ1n) is 7.15. The van der Waals surface area contributed by atoms with Crippen LogP contribution in [0.2, 0.25) is 5.02 Å². The number of halogens is 2. The summed E-state index contributed by atoms with van der Waals surface area (Å²) in [6, 6.07) is 3.81. The molecule has 22 heavy (non-hydrogen) atoms. The molecule has 1 amide bonds. The van der Waals surface area contributed by atoms with E-state index < -0.39 is 27.6 Å². The lowest BCUT2D eigenvalue weighted by Crippen LogP contribution is -2.37. The van der Waals surface area contributed by atoms with Gasteiger partial charge in [0.05, 0.1) is 23.5 Å². The molecule has 0 saturated carbocycles. The predicted molar refractivity (Wildman–Crippen MR) is 83.9 cm³/mol. The Morgan fingerprint density at radius 2 is 2.09 bits per heavy atom. The van der Waals surface area contributed by atoms with Crippen molar-refractivity contribution in [1.29, 1.82) is 0 Å². The van der Waals surface area contributed by atoms with E-state index in [4.69, 9.17) is 11.6 Å². The Kier molecular flexibility index (Phi) is 5.12. The van der Waals surface area contributed by atoms with E-state index in [0.717, 1.165) is 0 Å². The largest absolute Gasteiger partial charge is 0.349 e. The number of hydrogen-bond acceptors (Lipinski definition) is 3. The highest BCUT2D eigenvalue weighted by molar-refractivity contribution is 7.91. The third kappa shape index (κ3) is 3.98. The van der Waals surface area contributed by atoms with Gasteiger partial charge in [-0.3, -0.25) is 4.79 Å². The van der Waals surface area contributed by atoms with E-state index in [1.54, 1.807) is 12.1 Å². The van der Waals surface area contributed by atoms with Gasteiger partial charge in [-0.25, -0.2) is 12.8 Å². The minimum absolute atomic E-state index is 0.0345. The van der Waals surface area contributed by atoms with Gasteiger partial charge in [-0.05, 0) is 24.5 Å². The monoisotopic (exact) mass is 347 g/mol. The van der Waals surface area contributed by atoms with Crippen LogP contribution in [-0.4, -0.2) is 25.8 Å². The Balaban J connectivity index is 2.17. The second-order valence-corrected chi connectivity index (χ2v) is 8.66. The molecular weight excluding hydrogens is 329 g/mol. The van der Waals surface area contributed by atoms with Crippen LogP contribution in [-0.2, 0) is 14.6 Å². The molecule has 0 radical (unpaired) electrons. The highest BCUT2D eigenvalue weighted by Crippen LogP contribution is 2.28. The van der Waals surface area contributed by atoms with Crippen molar-refractivity contribution in [3.8, 4) is 0 Å². The van der Waals surface area contributed by atoms with Crippen LogP contribution in [0.4, 0.5) is 4.39 Å². The van der Waals surface area contributed by atoms with Crippen LogP contribution in [0.3, 0.4) is 0 Å². The highest BCUT2D eigenvalue weighted by atomic mass is 35.5. The summed E-state index contributed by atoms with van der Waals surface area (Å²) in [6.45, 7) is 3.73. The Morgan fingerprint density at radius 1 is 1.41 bits per heavy atom. The molecule has 1 N–H and O–H groups in total. The maximum absolute atomic E-state index is 14.1. The van der Waals surface area contributed by atoms with Crippen LogP contribution < -0.4 is 5.32 Å². The molecule has 1 heterocycles. The van der Waals surface area contributed by atoms with Crippen LogP contribution in [0.15, 0.2) is 18.2 Å². The van der Waals surface area contributed by atoms with E-state index >= 15 is 0 Å². The summed E-state index contributed by atoms with van der Waals surface area (Å²) in [5.74, 6) is -1.52.